The predicted molar refractivity (Wildman–Crippen MR) is 66.9 cm³/mol. The van der Waals surface area contributed by atoms with Gasteiger partial charge in [0.05, 0.1) is 11.9 Å². The van der Waals surface area contributed by atoms with Crippen molar-refractivity contribution in [2.24, 2.45) is 7.05 Å². The molecule has 0 aliphatic heterocycles. The van der Waals surface area contributed by atoms with Crippen molar-refractivity contribution in [3.8, 4) is 5.75 Å². The predicted octanol–water partition coefficient (Wildman–Crippen LogP) is 2.17. The van der Waals surface area contributed by atoms with Gasteiger partial charge < -0.3 is 4.74 Å². The van der Waals surface area contributed by atoms with Crippen LogP contribution in [0.25, 0.3) is 0 Å². The second kappa shape index (κ2) is 5.18. The van der Waals surface area contributed by atoms with E-state index < -0.39 is 0 Å². The van der Waals surface area contributed by atoms with E-state index in [1.54, 1.807) is 23.9 Å². The quantitative estimate of drug-likeness (QED) is 0.795. The Morgan fingerprint density at radius 3 is 2.78 bits per heavy atom. The Morgan fingerprint density at radius 2 is 2.28 bits per heavy atom. The number of hydrogen-bond acceptors (Lipinski definition) is 4. The Labute approximate surface area is 109 Å². The summed E-state index contributed by atoms with van der Waals surface area (Å²) in [5.74, 6) is 0.583. The Hall–Kier alpha value is -1.88. The van der Waals surface area contributed by atoms with Crippen LogP contribution in [0.5, 0.6) is 5.75 Å². The number of aldehydes is 1. The van der Waals surface area contributed by atoms with Gasteiger partial charge in [0.15, 0.2) is 6.29 Å². The average molecular weight is 266 g/mol. The van der Waals surface area contributed by atoms with Gasteiger partial charge in [-0.15, -0.1) is 0 Å². The van der Waals surface area contributed by atoms with Crippen molar-refractivity contribution in [1.82, 2.24) is 14.8 Å². The summed E-state index contributed by atoms with van der Waals surface area (Å²) in [5.41, 5.74) is 2.05. The smallest absolute Gasteiger partial charge is 0.168 e. The zero-order valence-corrected chi connectivity index (χ0v) is 10.8. The van der Waals surface area contributed by atoms with Gasteiger partial charge in [0.2, 0.25) is 0 Å². The van der Waals surface area contributed by atoms with Gasteiger partial charge in [0, 0.05) is 12.6 Å². The first-order chi connectivity index (χ1) is 8.61. The van der Waals surface area contributed by atoms with Crippen molar-refractivity contribution in [2.45, 2.75) is 13.5 Å². The van der Waals surface area contributed by atoms with Crippen molar-refractivity contribution in [3.05, 3.63) is 40.4 Å². The van der Waals surface area contributed by atoms with Crippen molar-refractivity contribution in [1.29, 1.82) is 0 Å². The number of hydrogen-bond donors (Lipinski definition) is 0. The molecule has 0 atom stereocenters. The number of carbonyl (C=O) groups excluding carboxylic acids is 1. The van der Waals surface area contributed by atoms with Gasteiger partial charge in [-0.05, 0) is 19.1 Å². The minimum Gasteiger partial charge on any atom is -0.487 e. The fraction of sp³-hybridized carbons (Fsp3) is 0.250. The number of nitrogens with zero attached hydrogens (tertiary/aromatic N) is 3. The molecule has 0 aromatic carbocycles. The van der Waals surface area contributed by atoms with E-state index >= 15 is 0 Å². The van der Waals surface area contributed by atoms with Crippen LogP contribution in [-0.4, -0.2) is 21.1 Å². The maximum Gasteiger partial charge on any atom is 0.168 e. The first kappa shape index (κ1) is 12.6. The lowest BCUT2D eigenvalue weighted by Gasteiger charge is -2.05. The molecule has 0 radical (unpaired) electrons. The highest BCUT2D eigenvalue weighted by atomic mass is 35.5. The second-order valence-corrected chi connectivity index (χ2v) is 4.16. The maximum atomic E-state index is 10.5. The van der Waals surface area contributed by atoms with Crippen molar-refractivity contribution < 1.29 is 9.53 Å². The van der Waals surface area contributed by atoms with Gasteiger partial charge >= 0.3 is 0 Å². The van der Waals surface area contributed by atoms with Gasteiger partial charge in [-0.25, -0.2) is 4.98 Å². The third-order valence-corrected chi connectivity index (χ3v) is 3.01. The fourth-order valence-corrected chi connectivity index (χ4v) is 1.77. The third kappa shape index (κ3) is 2.51. The van der Waals surface area contributed by atoms with Crippen LogP contribution in [0.3, 0.4) is 0 Å². The highest BCUT2D eigenvalue weighted by molar-refractivity contribution is 6.30. The van der Waals surface area contributed by atoms with Crippen molar-refractivity contribution >= 4 is 17.9 Å². The van der Waals surface area contributed by atoms with Crippen LogP contribution in [0.15, 0.2) is 18.3 Å². The summed E-state index contributed by atoms with van der Waals surface area (Å²) in [7, 11) is 1.78. The second-order valence-electron chi connectivity index (χ2n) is 3.80. The number of halogens is 1. The van der Waals surface area contributed by atoms with Crippen LogP contribution in [0.1, 0.15) is 21.7 Å². The van der Waals surface area contributed by atoms with E-state index in [9.17, 15) is 4.79 Å². The summed E-state index contributed by atoms with van der Waals surface area (Å²) in [6.45, 7) is 2.19. The normalized spacial score (nSPS) is 10.4. The monoisotopic (exact) mass is 265 g/mol. The molecular formula is C12H12ClN3O2. The lowest BCUT2D eigenvalue weighted by atomic mass is 10.3. The first-order valence-corrected chi connectivity index (χ1v) is 5.71. The molecule has 0 saturated carbocycles. The van der Waals surface area contributed by atoms with Crippen LogP contribution >= 0.6 is 11.6 Å². The zero-order valence-electron chi connectivity index (χ0n) is 10.1. The van der Waals surface area contributed by atoms with Crippen molar-refractivity contribution in [2.75, 3.05) is 0 Å². The molecule has 18 heavy (non-hydrogen) atoms. The molecule has 0 amide bonds. The van der Waals surface area contributed by atoms with Crippen LogP contribution in [0.2, 0.25) is 5.15 Å². The molecule has 0 N–H and O–H groups in total. The summed E-state index contributed by atoms with van der Waals surface area (Å²) in [4.78, 5) is 14.4. The summed E-state index contributed by atoms with van der Waals surface area (Å²) in [5, 5.41) is 4.75. The molecular weight excluding hydrogens is 254 g/mol. The largest absolute Gasteiger partial charge is 0.487 e. The van der Waals surface area contributed by atoms with Crippen LogP contribution in [0, 0.1) is 6.92 Å². The Morgan fingerprint density at radius 1 is 1.50 bits per heavy atom. The molecule has 0 aliphatic rings. The molecule has 2 aromatic heterocycles. The molecule has 5 nitrogen and oxygen atoms in total. The number of carbonyl (C=O) groups is 1. The summed E-state index contributed by atoms with van der Waals surface area (Å²) in [6.07, 6.45) is 2.19. The summed E-state index contributed by atoms with van der Waals surface area (Å²) >= 11 is 6.09. The molecule has 94 valence electrons. The minimum atomic E-state index is 0.320. The van der Waals surface area contributed by atoms with E-state index in [-0.39, 0.29) is 0 Å². The molecule has 0 spiro atoms. The molecule has 0 unspecified atom stereocenters. The van der Waals surface area contributed by atoms with Gasteiger partial charge in [-0.1, -0.05) is 11.6 Å². The highest BCUT2D eigenvalue weighted by Gasteiger charge is 2.11. The van der Waals surface area contributed by atoms with Gasteiger partial charge in [0.25, 0.3) is 0 Å². The Bertz CT molecular complexity index is 563. The molecule has 0 aliphatic carbocycles. The van der Waals surface area contributed by atoms with Gasteiger partial charge in [0.1, 0.15) is 23.2 Å². The lowest BCUT2D eigenvalue weighted by Crippen LogP contribution is -1.98. The van der Waals surface area contributed by atoms with E-state index in [4.69, 9.17) is 16.3 Å². The lowest BCUT2D eigenvalue weighted by molar-refractivity contribution is 0.111. The van der Waals surface area contributed by atoms with Crippen LogP contribution in [0.4, 0.5) is 0 Å². The van der Waals surface area contributed by atoms with Crippen LogP contribution in [-0.2, 0) is 13.7 Å². The Kier molecular flexibility index (Phi) is 3.62. The van der Waals surface area contributed by atoms with Gasteiger partial charge in [-0.3, -0.25) is 9.48 Å². The Balaban J connectivity index is 2.08. The number of rotatable bonds is 4. The molecule has 0 bridgehead atoms. The molecule has 2 aromatic rings. The van der Waals surface area contributed by atoms with E-state index in [1.807, 2.05) is 6.92 Å². The maximum absolute atomic E-state index is 10.5. The highest BCUT2D eigenvalue weighted by Crippen LogP contribution is 2.20. The zero-order chi connectivity index (χ0) is 13.1. The third-order valence-electron chi connectivity index (χ3n) is 2.53. The van der Waals surface area contributed by atoms with E-state index in [2.05, 4.69) is 10.1 Å². The number of pyridine rings is 1. The van der Waals surface area contributed by atoms with E-state index in [1.165, 1.54) is 6.20 Å². The fourth-order valence-electron chi connectivity index (χ4n) is 1.54. The van der Waals surface area contributed by atoms with E-state index in [0.717, 1.165) is 11.3 Å². The van der Waals surface area contributed by atoms with Crippen LogP contribution < -0.4 is 4.74 Å². The van der Waals surface area contributed by atoms with E-state index in [0.29, 0.717) is 29.5 Å². The standard InChI is InChI=1S/C12H12ClN3O2/c1-8-11(12(13)16(2)15-8)7-18-10-4-3-9(6-17)14-5-10/h3-6H,7H2,1-2H3. The summed E-state index contributed by atoms with van der Waals surface area (Å²) < 4.78 is 7.15. The number of aromatic nitrogens is 3. The SMILES string of the molecule is Cc1nn(C)c(Cl)c1COc1ccc(C=O)nc1. The molecule has 0 saturated heterocycles. The minimum absolute atomic E-state index is 0.320. The van der Waals surface area contributed by atoms with Crippen molar-refractivity contribution in [3.63, 3.8) is 0 Å². The average Bonchev–Trinajstić information content (AvgIpc) is 2.62. The molecule has 2 rings (SSSR count). The number of aryl methyl sites for hydroxylation is 2. The topological polar surface area (TPSA) is 57.0 Å². The first-order valence-electron chi connectivity index (χ1n) is 5.34. The molecule has 2 heterocycles. The van der Waals surface area contributed by atoms with Gasteiger partial charge in [-0.2, -0.15) is 5.10 Å². The number of ether oxygens (including phenoxy) is 1. The molecule has 6 heteroatoms. The summed E-state index contributed by atoms with van der Waals surface area (Å²) in [6, 6.07) is 3.29. The molecule has 0 fully saturated rings.